The normalized spacial score (nSPS) is 40.0. The van der Waals surface area contributed by atoms with E-state index in [0.29, 0.717) is 11.8 Å². The molecule has 0 aromatic carbocycles. The smallest absolute Gasteiger partial charge is 0.310 e. The van der Waals surface area contributed by atoms with Crippen LogP contribution in [0, 0.1) is 17.8 Å². The van der Waals surface area contributed by atoms with E-state index in [1.165, 1.54) is 0 Å². The Morgan fingerprint density at radius 1 is 1.39 bits per heavy atom. The molecule has 0 radical (unpaired) electrons. The van der Waals surface area contributed by atoms with E-state index in [1.54, 1.807) is 13.8 Å². The van der Waals surface area contributed by atoms with Crippen LogP contribution in [0.3, 0.4) is 0 Å². The first-order chi connectivity index (χ1) is 8.45. The maximum absolute atomic E-state index is 12.2. The first-order valence-corrected chi connectivity index (χ1v) is 6.56. The van der Waals surface area contributed by atoms with Crippen LogP contribution in [0.1, 0.15) is 33.1 Å². The molecule has 1 saturated heterocycles. The minimum Gasteiger partial charge on any atom is -0.457 e. The van der Waals surface area contributed by atoms with Crippen molar-refractivity contribution < 1.29 is 19.1 Å². The molecule has 3 rings (SSSR count). The van der Waals surface area contributed by atoms with Crippen molar-refractivity contribution in [2.75, 3.05) is 0 Å². The number of allylic oxidation sites excluding steroid dienone is 2. The zero-order valence-corrected chi connectivity index (χ0v) is 10.7. The largest absolute Gasteiger partial charge is 0.457 e. The van der Waals surface area contributed by atoms with Gasteiger partial charge in [0, 0.05) is 0 Å². The van der Waals surface area contributed by atoms with E-state index >= 15 is 0 Å². The minimum absolute atomic E-state index is 0.0218. The van der Waals surface area contributed by atoms with Gasteiger partial charge in [-0.1, -0.05) is 12.2 Å². The first kappa shape index (κ1) is 11.8. The Labute approximate surface area is 106 Å². The highest BCUT2D eigenvalue weighted by Crippen LogP contribution is 2.44. The molecule has 4 nitrogen and oxygen atoms in total. The van der Waals surface area contributed by atoms with Gasteiger partial charge in [0.2, 0.25) is 0 Å². The Morgan fingerprint density at radius 2 is 2.17 bits per heavy atom. The Hall–Kier alpha value is -1.32. The molecule has 0 N–H and O–H groups in total. The SMILES string of the molecule is CC1(C)OC(=O)CC1OC(=O)C1CC2C=CC1C2. The van der Waals surface area contributed by atoms with E-state index in [4.69, 9.17) is 9.47 Å². The number of cyclic esters (lactones) is 1. The molecule has 1 aliphatic heterocycles. The third kappa shape index (κ3) is 1.84. The second-order valence-electron chi connectivity index (χ2n) is 6.09. The molecule has 1 saturated carbocycles. The second kappa shape index (κ2) is 3.84. The highest BCUT2D eigenvalue weighted by molar-refractivity contribution is 5.77. The molecule has 4 heteroatoms. The van der Waals surface area contributed by atoms with E-state index < -0.39 is 11.7 Å². The van der Waals surface area contributed by atoms with Gasteiger partial charge in [-0.3, -0.25) is 9.59 Å². The van der Waals surface area contributed by atoms with Gasteiger partial charge in [-0.05, 0) is 38.5 Å². The highest BCUT2D eigenvalue weighted by Gasteiger charge is 2.47. The molecule has 2 fully saturated rings. The lowest BCUT2D eigenvalue weighted by molar-refractivity contribution is -0.164. The van der Waals surface area contributed by atoms with E-state index in [-0.39, 0.29) is 24.3 Å². The first-order valence-electron chi connectivity index (χ1n) is 6.56. The van der Waals surface area contributed by atoms with Crippen molar-refractivity contribution in [3.8, 4) is 0 Å². The number of rotatable bonds is 2. The summed E-state index contributed by atoms with van der Waals surface area (Å²) >= 11 is 0. The van der Waals surface area contributed by atoms with Crippen molar-refractivity contribution in [1.29, 1.82) is 0 Å². The van der Waals surface area contributed by atoms with Gasteiger partial charge >= 0.3 is 11.9 Å². The number of carbonyl (C=O) groups is 2. The number of esters is 2. The number of carbonyl (C=O) groups excluding carboxylic acids is 2. The van der Waals surface area contributed by atoms with Gasteiger partial charge in [0.05, 0.1) is 12.3 Å². The summed E-state index contributed by atoms with van der Waals surface area (Å²) in [6.45, 7) is 3.58. The van der Waals surface area contributed by atoms with Gasteiger partial charge in [0.25, 0.3) is 0 Å². The lowest BCUT2D eigenvalue weighted by Crippen LogP contribution is -2.38. The maximum atomic E-state index is 12.2. The predicted molar refractivity (Wildman–Crippen MR) is 63.5 cm³/mol. The van der Waals surface area contributed by atoms with Crippen molar-refractivity contribution in [3.05, 3.63) is 12.2 Å². The van der Waals surface area contributed by atoms with Gasteiger partial charge < -0.3 is 9.47 Å². The summed E-state index contributed by atoms with van der Waals surface area (Å²) in [7, 11) is 0. The summed E-state index contributed by atoms with van der Waals surface area (Å²) in [5.41, 5.74) is -0.694. The highest BCUT2D eigenvalue weighted by atomic mass is 16.6. The van der Waals surface area contributed by atoms with E-state index in [0.717, 1.165) is 12.8 Å². The molecule has 2 bridgehead atoms. The number of fused-ring (bicyclic) bond motifs is 2. The number of ether oxygens (including phenoxy) is 2. The third-order valence-electron chi connectivity index (χ3n) is 4.34. The fourth-order valence-corrected chi connectivity index (χ4v) is 3.26. The van der Waals surface area contributed by atoms with Crippen LogP contribution < -0.4 is 0 Å². The van der Waals surface area contributed by atoms with Crippen LogP contribution in [0.2, 0.25) is 0 Å². The van der Waals surface area contributed by atoms with Crippen LogP contribution in [-0.2, 0) is 19.1 Å². The summed E-state index contributed by atoms with van der Waals surface area (Å²) in [6.07, 6.45) is 6.02. The molecule has 98 valence electrons. The summed E-state index contributed by atoms with van der Waals surface area (Å²) in [5, 5.41) is 0. The molecule has 2 aliphatic carbocycles. The molecular weight excluding hydrogens is 232 g/mol. The quantitative estimate of drug-likeness (QED) is 0.554. The van der Waals surface area contributed by atoms with Gasteiger partial charge in [0.1, 0.15) is 5.60 Å². The Morgan fingerprint density at radius 3 is 2.67 bits per heavy atom. The molecule has 3 aliphatic rings. The fourth-order valence-electron chi connectivity index (χ4n) is 3.26. The van der Waals surface area contributed by atoms with Crippen molar-refractivity contribution in [2.45, 2.75) is 44.8 Å². The van der Waals surface area contributed by atoms with Crippen LogP contribution in [-0.4, -0.2) is 23.6 Å². The Bertz CT molecular complexity index is 424. The molecule has 0 aromatic rings. The predicted octanol–water partition coefficient (Wildman–Crippen LogP) is 1.84. The zero-order valence-electron chi connectivity index (χ0n) is 10.7. The monoisotopic (exact) mass is 250 g/mol. The average Bonchev–Trinajstić information content (AvgIpc) is 2.93. The summed E-state index contributed by atoms with van der Waals surface area (Å²) in [6, 6.07) is 0. The molecular formula is C14H18O4. The fraction of sp³-hybridized carbons (Fsp3) is 0.714. The Balaban J connectivity index is 1.65. The van der Waals surface area contributed by atoms with Crippen LogP contribution in [0.25, 0.3) is 0 Å². The third-order valence-corrected chi connectivity index (χ3v) is 4.34. The van der Waals surface area contributed by atoms with Gasteiger partial charge in [-0.25, -0.2) is 0 Å². The van der Waals surface area contributed by atoms with Crippen molar-refractivity contribution >= 4 is 11.9 Å². The molecule has 18 heavy (non-hydrogen) atoms. The average molecular weight is 250 g/mol. The van der Waals surface area contributed by atoms with E-state index in [9.17, 15) is 9.59 Å². The van der Waals surface area contributed by atoms with Crippen molar-refractivity contribution in [3.63, 3.8) is 0 Å². The summed E-state index contributed by atoms with van der Waals surface area (Å²) < 4.78 is 10.7. The van der Waals surface area contributed by atoms with Crippen molar-refractivity contribution in [2.24, 2.45) is 17.8 Å². The molecule has 0 spiro atoms. The standard InChI is InChI=1S/C14H18O4/c1-14(2)11(7-12(15)18-14)17-13(16)10-6-8-3-4-9(10)5-8/h3-4,8-11H,5-7H2,1-2H3. The van der Waals surface area contributed by atoms with Gasteiger partial charge in [0.15, 0.2) is 6.10 Å². The molecule has 0 amide bonds. The summed E-state index contributed by atoms with van der Waals surface area (Å²) in [4.78, 5) is 23.4. The lowest BCUT2D eigenvalue weighted by Gasteiger charge is -2.26. The maximum Gasteiger partial charge on any atom is 0.310 e. The molecule has 1 heterocycles. The summed E-state index contributed by atoms with van der Waals surface area (Å²) in [5.74, 6) is 0.408. The zero-order chi connectivity index (χ0) is 12.9. The molecule has 4 atom stereocenters. The van der Waals surface area contributed by atoms with Gasteiger partial charge in [-0.15, -0.1) is 0 Å². The van der Waals surface area contributed by atoms with Crippen LogP contribution in [0.4, 0.5) is 0 Å². The van der Waals surface area contributed by atoms with Crippen LogP contribution in [0.5, 0.6) is 0 Å². The Kier molecular flexibility index (Phi) is 2.50. The van der Waals surface area contributed by atoms with Gasteiger partial charge in [-0.2, -0.15) is 0 Å². The molecule has 4 unspecified atom stereocenters. The number of hydrogen-bond donors (Lipinski definition) is 0. The second-order valence-corrected chi connectivity index (χ2v) is 6.09. The van der Waals surface area contributed by atoms with Crippen molar-refractivity contribution in [1.82, 2.24) is 0 Å². The topological polar surface area (TPSA) is 52.6 Å². The lowest BCUT2D eigenvalue weighted by atomic mass is 9.93. The van der Waals surface area contributed by atoms with Crippen LogP contribution in [0.15, 0.2) is 12.2 Å². The van der Waals surface area contributed by atoms with Crippen LogP contribution >= 0.6 is 0 Å². The van der Waals surface area contributed by atoms with E-state index in [1.807, 2.05) is 0 Å². The van der Waals surface area contributed by atoms with E-state index in [2.05, 4.69) is 12.2 Å². The number of hydrogen-bond acceptors (Lipinski definition) is 4. The minimum atomic E-state index is -0.694. The molecule has 0 aromatic heterocycles.